The van der Waals surface area contributed by atoms with Crippen LogP contribution >= 0.6 is 0 Å². The number of hydrogen-bond donors (Lipinski definition) is 1. The van der Waals surface area contributed by atoms with Gasteiger partial charge in [-0.1, -0.05) is 62.4 Å². The lowest BCUT2D eigenvalue weighted by Gasteiger charge is -2.22. The van der Waals surface area contributed by atoms with Gasteiger partial charge in [-0.2, -0.15) is 0 Å². The van der Waals surface area contributed by atoms with Gasteiger partial charge in [-0.3, -0.25) is 4.79 Å². The second-order valence-corrected chi connectivity index (χ2v) is 8.91. The summed E-state index contributed by atoms with van der Waals surface area (Å²) in [7, 11) is 0. The van der Waals surface area contributed by atoms with E-state index < -0.39 is 5.97 Å². The molecule has 0 saturated carbocycles. The summed E-state index contributed by atoms with van der Waals surface area (Å²) in [5.74, 6) is 1.20. The predicted molar refractivity (Wildman–Crippen MR) is 137 cm³/mol. The van der Waals surface area contributed by atoms with Gasteiger partial charge in [-0.15, -0.1) is 0 Å². The molecule has 0 aromatic heterocycles. The molecule has 180 valence electrons. The van der Waals surface area contributed by atoms with Crippen LogP contribution < -0.4 is 9.47 Å². The van der Waals surface area contributed by atoms with Crippen molar-refractivity contribution in [2.75, 3.05) is 6.61 Å². The first-order valence-corrected chi connectivity index (χ1v) is 12.2. The molecule has 4 heteroatoms. The summed E-state index contributed by atoms with van der Waals surface area (Å²) < 4.78 is 12.4. The van der Waals surface area contributed by atoms with Gasteiger partial charge in [0.2, 0.25) is 0 Å². The van der Waals surface area contributed by atoms with Crippen LogP contribution in [0.4, 0.5) is 0 Å². The average molecular weight is 461 g/mol. The number of rotatable bonds is 12. The van der Waals surface area contributed by atoms with E-state index in [2.05, 4.69) is 63.2 Å². The number of aliphatic carboxylic acids is 1. The molecule has 3 rings (SSSR count). The summed E-state index contributed by atoms with van der Waals surface area (Å²) in [6, 6.07) is 22.9. The molecule has 0 spiro atoms. The van der Waals surface area contributed by atoms with E-state index in [0.29, 0.717) is 13.0 Å². The van der Waals surface area contributed by atoms with E-state index in [-0.39, 0.29) is 18.4 Å². The Morgan fingerprint density at radius 1 is 1.00 bits per heavy atom. The minimum Gasteiger partial charge on any atom is -0.493 e. The summed E-state index contributed by atoms with van der Waals surface area (Å²) >= 11 is 0. The molecule has 0 bridgehead atoms. The zero-order valence-electron chi connectivity index (χ0n) is 20.7. The number of carboxylic acid groups (broad SMARTS) is 1. The van der Waals surface area contributed by atoms with Crippen molar-refractivity contribution in [2.24, 2.45) is 0 Å². The molecule has 2 atom stereocenters. The lowest BCUT2D eigenvalue weighted by Crippen LogP contribution is -2.17. The molecular weight excluding hydrogens is 424 g/mol. The molecule has 34 heavy (non-hydrogen) atoms. The van der Waals surface area contributed by atoms with Gasteiger partial charge < -0.3 is 14.6 Å². The quantitative estimate of drug-likeness (QED) is 0.317. The third-order valence-electron chi connectivity index (χ3n) is 6.29. The minimum absolute atomic E-state index is 0.00476. The first-order chi connectivity index (χ1) is 16.4. The molecule has 0 radical (unpaired) electrons. The minimum atomic E-state index is -0.778. The lowest BCUT2D eigenvalue weighted by molar-refractivity contribution is -0.136. The molecule has 0 aliphatic carbocycles. The van der Waals surface area contributed by atoms with Crippen molar-refractivity contribution in [3.63, 3.8) is 0 Å². The zero-order valence-corrected chi connectivity index (χ0v) is 20.7. The molecule has 0 saturated heterocycles. The largest absolute Gasteiger partial charge is 0.493 e. The highest BCUT2D eigenvalue weighted by molar-refractivity contribution is 5.67. The molecule has 3 aromatic carbocycles. The molecule has 0 aliphatic rings. The van der Waals surface area contributed by atoms with Crippen LogP contribution in [0.5, 0.6) is 11.5 Å². The maximum absolute atomic E-state index is 10.8. The van der Waals surface area contributed by atoms with Crippen LogP contribution in [0.2, 0.25) is 0 Å². The van der Waals surface area contributed by atoms with Gasteiger partial charge in [-0.05, 0) is 67.1 Å². The van der Waals surface area contributed by atoms with Crippen LogP contribution in [0.3, 0.4) is 0 Å². The third-order valence-corrected chi connectivity index (χ3v) is 6.29. The van der Waals surface area contributed by atoms with Crippen LogP contribution in [-0.4, -0.2) is 23.8 Å². The third kappa shape index (κ3) is 7.11. The highest BCUT2D eigenvalue weighted by atomic mass is 16.5. The van der Waals surface area contributed by atoms with Gasteiger partial charge in [0, 0.05) is 24.3 Å². The van der Waals surface area contributed by atoms with Crippen LogP contribution in [0.1, 0.15) is 67.3 Å². The Bertz CT molecular complexity index is 1070. The molecule has 3 aromatic rings. The van der Waals surface area contributed by atoms with E-state index >= 15 is 0 Å². The van der Waals surface area contributed by atoms with Gasteiger partial charge in [0.25, 0.3) is 0 Å². The van der Waals surface area contributed by atoms with Gasteiger partial charge >= 0.3 is 5.97 Å². The van der Waals surface area contributed by atoms with E-state index in [0.717, 1.165) is 35.5 Å². The number of carboxylic acids is 1. The van der Waals surface area contributed by atoms with Gasteiger partial charge in [-0.25, -0.2) is 0 Å². The smallest absolute Gasteiger partial charge is 0.303 e. The van der Waals surface area contributed by atoms with E-state index in [1.807, 2.05) is 31.2 Å². The van der Waals surface area contributed by atoms with Crippen LogP contribution in [0.25, 0.3) is 0 Å². The van der Waals surface area contributed by atoms with Crippen LogP contribution in [-0.2, 0) is 17.6 Å². The molecule has 0 fully saturated rings. The summed E-state index contributed by atoms with van der Waals surface area (Å²) in [5, 5.41) is 8.89. The fourth-order valence-electron chi connectivity index (χ4n) is 4.08. The van der Waals surface area contributed by atoms with Crippen LogP contribution in [0, 0.1) is 6.92 Å². The number of hydrogen-bond acceptors (Lipinski definition) is 3. The molecule has 0 amide bonds. The fraction of sp³-hybridized carbons (Fsp3) is 0.367. The van der Waals surface area contributed by atoms with Gasteiger partial charge in [0.1, 0.15) is 11.5 Å². The lowest BCUT2D eigenvalue weighted by atomic mass is 9.91. The maximum atomic E-state index is 10.8. The Labute approximate surface area is 203 Å². The van der Waals surface area contributed by atoms with Crippen molar-refractivity contribution in [3.05, 3.63) is 94.5 Å². The number of ether oxygens (including phenoxy) is 2. The number of benzene rings is 3. The SMILES string of the molecule is CCc1ccc(OC(C)CCOc2ccc(CCC(=O)O)c(C)c2)c(C(C)c2ccccc2)c1. The van der Waals surface area contributed by atoms with Crippen molar-refractivity contribution in [2.45, 2.75) is 65.4 Å². The van der Waals surface area contributed by atoms with Gasteiger partial charge in [0.15, 0.2) is 0 Å². The predicted octanol–water partition coefficient (Wildman–Crippen LogP) is 6.96. The summed E-state index contributed by atoms with van der Waals surface area (Å²) in [4.78, 5) is 10.8. The maximum Gasteiger partial charge on any atom is 0.303 e. The first kappa shape index (κ1) is 25.4. The Hall–Kier alpha value is -3.27. The van der Waals surface area contributed by atoms with E-state index in [4.69, 9.17) is 14.6 Å². The monoisotopic (exact) mass is 460 g/mol. The van der Waals surface area contributed by atoms with E-state index in [1.54, 1.807) is 0 Å². The normalized spacial score (nSPS) is 12.7. The topological polar surface area (TPSA) is 55.8 Å². The molecule has 4 nitrogen and oxygen atoms in total. The standard InChI is InChI=1S/C30H36O4/c1-5-24-11-15-29(28(20-24)23(4)26-9-7-6-8-10-26)34-22(3)17-18-33-27-14-12-25(21(2)19-27)13-16-30(31)32/h6-12,14-15,19-20,22-23H,5,13,16-18H2,1-4H3,(H,31,32). The molecule has 0 heterocycles. The second-order valence-electron chi connectivity index (χ2n) is 8.91. The van der Waals surface area contributed by atoms with Crippen molar-refractivity contribution >= 4 is 5.97 Å². The van der Waals surface area contributed by atoms with Crippen molar-refractivity contribution in [3.8, 4) is 11.5 Å². The fourth-order valence-corrected chi connectivity index (χ4v) is 4.08. The van der Waals surface area contributed by atoms with Crippen molar-refractivity contribution in [1.29, 1.82) is 0 Å². The Balaban J connectivity index is 1.60. The highest BCUT2D eigenvalue weighted by Crippen LogP contribution is 2.33. The Morgan fingerprint density at radius 3 is 2.44 bits per heavy atom. The highest BCUT2D eigenvalue weighted by Gasteiger charge is 2.16. The van der Waals surface area contributed by atoms with Crippen molar-refractivity contribution in [1.82, 2.24) is 0 Å². The van der Waals surface area contributed by atoms with Crippen molar-refractivity contribution < 1.29 is 19.4 Å². The average Bonchev–Trinajstić information content (AvgIpc) is 2.83. The zero-order chi connectivity index (χ0) is 24.5. The molecule has 2 unspecified atom stereocenters. The summed E-state index contributed by atoms with van der Waals surface area (Å²) in [6.07, 6.45) is 2.43. The number of carbonyl (C=O) groups is 1. The van der Waals surface area contributed by atoms with E-state index in [9.17, 15) is 4.79 Å². The Kier molecular flexibility index (Phi) is 9.15. The molecule has 1 N–H and O–H groups in total. The molecule has 0 aliphatic heterocycles. The second kappa shape index (κ2) is 12.3. The number of aryl methyl sites for hydroxylation is 3. The van der Waals surface area contributed by atoms with E-state index in [1.165, 1.54) is 16.7 Å². The van der Waals surface area contributed by atoms with Crippen LogP contribution in [0.15, 0.2) is 66.7 Å². The summed E-state index contributed by atoms with van der Waals surface area (Å²) in [5.41, 5.74) is 5.90. The summed E-state index contributed by atoms with van der Waals surface area (Å²) in [6.45, 7) is 9.02. The molecular formula is C30H36O4. The first-order valence-electron chi connectivity index (χ1n) is 12.2. The van der Waals surface area contributed by atoms with Gasteiger partial charge in [0.05, 0.1) is 12.7 Å². The Morgan fingerprint density at radius 2 is 1.76 bits per heavy atom.